The number of carboxylic acid groups (broad SMARTS) is 1. The molecular weight excluding hydrogens is 290 g/mol. The van der Waals surface area contributed by atoms with Gasteiger partial charge in [0.1, 0.15) is 0 Å². The minimum Gasteiger partial charge on any atom is -0.478 e. The van der Waals surface area contributed by atoms with Crippen LogP contribution in [0.15, 0.2) is 54.6 Å². The molecular formula is C19H19NO3. The third kappa shape index (κ3) is 3.26. The highest BCUT2D eigenvalue weighted by molar-refractivity contribution is 6.02. The number of carboxylic acids is 1. The number of hydrogen-bond acceptors (Lipinski definition) is 3. The van der Waals surface area contributed by atoms with Gasteiger partial charge in [-0.15, -0.1) is 0 Å². The Morgan fingerprint density at radius 1 is 0.913 bits per heavy atom. The first-order valence-corrected chi connectivity index (χ1v) is 7.86. The predicted octanol–water partition coefficient (Wildman–Crippen LogP) is 3.63. The Bertz CT molecular complexity index is 694. The maximum Gasteiger partial charge on any atom is 0.335 e. The smallest absolute Gasteiger partial charge is 0.335 e. The molecule has 3 rings (SSSR count). The Hall–Kier alpha value is -2.62. The van der Waals surface area contributed by atoms with Gasteiger partial charge in [-0.05, 0) is 43.5 Å². The van der Waals surface area contributed by atoms with Gasteiger partial charge in [-0.25, -0.2) is 4.79 Å². The summed E-state index contributed by atoms with van der Waals surface area (Å²) in [5.41, 5.74) is 1.90. The molecule has 0 aromatic heterocycles. The molecule has 1 atom stereocenters. The minimum atomic E-state index is -0.938. The Balaban J connectivity index is 1.86. The lowest BCUT2D eigenvalue weighted by atomic mass is 9.93. The second-order valence-corrected chi connectivity index (χ2v) is 5.79. The summed E-state index contributed by atoms with van der Waals surface area (Å²) in [4.78, 5) is 25.9. The van der Waals surface area contributed by atoms with E-state index in [0.29, 0.717) is 0 Å². The highest BCUT2D eigenvalue weighted by Crippen LogP contribution is 2.27. The summed E-state index contributed by atoms with van der Waals surface area (Å²) in [6.45, 7) is 0.815. The van der Waals surface area contributed by atoms with Crippen molar-refractivity contribution in [1.82, 2.24) is 0 Å². The Morgan fingerprint density at radius 3 is 2.26 bits per heavy atom. The highest BCUT2D eigenvalue weighted by atomic mass is 16.4. The molecule has 2 aromatic rings. The SMILES string of the molecule is O=C(O)c1ccc(N2CCCCC2C(=O)c2ccccc2)cc1. The molecule has 23 heavy (non-hydrogen) atoms. The Kier molecular flexibility index (Phi) is 4.42. The van der Waals surface area contributed by atoms with E-state index in [4.69, 9.17) is 5.11 Å². The fourth-order valence-corrected chi connectivity index (χ4v) is 3.10. The average molecular weight is 309 g/mol. The third-order valence-corrected chi connectivity index (χ3v) is 4.31. The lowest BCUT2D eigenvalue weighted by molar-refractivity contribution is 0.0696. The summed E-state index contributed by atoms with van der Waals surface area (Å²) in [5.74, 6) is -0.806. The number of carbonyl (C=O) groups is 2. The van der Waals surface area contributed by atoms with Crippen LogP contribution in [0.25, 0.3) is 0 Å². The van der Waals surface area contributed by atoms with Gasteiger partial charge < -0.3 is 10.0 Å². The normalized spacial score (nSPS) is 17.7. The van der Waals surface area contributed by atoms with Crippen molar-refractivity contribution in [2.75, 3.05) is 11.4 Å². The summed E-state index contributed by atoms with van der Waals surface area (Å²) < 4.78 is 0. The molecule has 1 unspecified atom stereocenters. The van der Waals surface area contributed by atoms with Gasteiger partial charge in [0.15, 0.2) is 5.78 Å². The number of piperidine rings is 1. The summed E-state index contributed by atoms with van der Waals surface area (Å²) in [7, 11) is 0. The van der Waals surface area contributed by atoms with Crippen molar-refractivity contribution in [3.05, 3.63) is 65.7 Å². The van der Waals surface area contributed by atoms with E-state index < -0.39 is 5.97 Å². The number of Topliss-reactive ketones (excluding diaryl/α,β-unsaturated/α-hetero) is 1. The molecule has 1 aliphatic heterocycles. The van der Waals surface area contributed by atoms with Crippen LogP contribution < -0.4 is 4.90 Å². The number of rotatable bonds is 4. The Morgan fingerprint density at radius 2 is 1.61 bits per heavy atom. The van der Waals surface area contributed by atoms with Gasteiger partial charge >= 0.3 is 5.97 Å². The van der Waals surface area contributed by atoms with Crippen LogP contribution in [0.1, 0.15) is 40.0 Å². The molecule has 1 N–H and O–H groups in total. The Labute approximate surface area is 135 Å². The molecule has 4 nitrogen and oxygen atoms in total. The second-order valence-electron chi connectivity index (χ2n) is 5.79. The maximum absolute atomic E-state index is 12.8. The van der Waals surface area contributed by atoms with Crippen LogP contribution in [-0.4, -0.2) is 29.4 Å². The largest absolute Gasteiger partial charge is 0.478 e. The fraction of sp³-hybridized carbons (Fsp3) is 0.263. The van der Waals surface area contributed by atoms with Gasteiger partial charge in [-0.3, -0.25) is 4.79 Å². The number of aromatic carboxylic acids is 1. The topological polar surface area (TPSA) is 57.6 Å². The average Bonchev–Trinajstić information content (AvgIpc) is 2.62. The van der Waals surface area contributed by atoms with Gasteiger partial charge in [0.25, 0.3) is 0 Å². The molecule has 1 fully saturated rings. The van der Waals surface area contributed by atoms with Crippen LogP contribution in [0.5, 0.6) is 0 Å². The molecule has 1 aliphatic rings. The molecule has 118 valence electrons. The molecule has 0 aliphatic carbocycles. The van der Waals surface area contributed by atoms with Crippen LogP contribution in [0.2, 0.25) is 0 Å². The number of nitrogens with zero attached hydrogens (tertiary/aromatic N) is 1. The highest BCUT2D eigenvalue weighted by Gasteiger charge is 2.29. The summed E-state index contributed by atoms with van der Waals surface area (Å²) >= 11 is 0. The van der Waals surface area contributed by atoms with Gasteiger partial charge in [0.2, 0.25) is 0 Å². The summed E-state index contributed by atoms with van der Waals surface area (Å²) in [6, 6.07) is 15.9. The van der Waals surface area contributed by atoms with Crippen molar-refractivity contribution in [1.29, 1.82) is 0 Å². The standard InChI is InChI=1S/C19H19NO3/c21-18(14-6-2-1-3-7-14)17-8-4-5-13-20(17)16-11-9-15(10-12-16)19(22)23/h1-3,6-7,9-12,17H,4-5,8,13H2,(H,22,23). The molecule has 1 heterocycles. The van der Waals surface area contributed by atoms with E-state index in [1.54, 1.807) is 24.3 Å². The molecule has 0 bridgehead atoms. The number of carbonyl (C=O) groups excluding carboxylic acids is 1. The fourth-order valence-electron chi connectivity index (χ4n) is 3.10. The van der Waals surface area contributed by atoms with Gasteiger partial charge in [-0.2, -0.15) is 0 Å². The monoisotopic (exact) mass is 309 g/mol. The zero-order valence-corrected chi connectivity index (χ0v) is 12.8. The van der Waals surface area contributed by atoms with Crippen molar-refractivity contribution in [2.45, 2.75) is 25.3 Å². The van der Waals surface area contributed by atoms with Crippen LogP contribution in [0.4, 0.5) is 5.69 Å². The van der Waals surface area contributed by atoms with Crippen molar-refractivity contribution >= 4 is 17.4 Å². The van der Waals surface area contributed by atoms with E-state index in [1.165, 1.54) is 0 Å². The predicted molar refractivity (Wildman–Crippen MR) is 89.2 cm³/mol. The van der Waals surface area contributed by atoms with Gasteiger partial charge in [-0.1, -0.05) is 30.3 Å². The lowest BCUT2D eigenvalue weighted by Gasteiger charge is -2.36. The minimum absolute atomic E-state index is 0.132. The van der Waals surface area contributed by atoms with E-state index >= 15 is 0 Å². The number of benzene rings is 2. The third-order valence-electron chi connectivity index (χ3n) is 4.31. The zero-order chi connectivity index (χ0) is 16.2. The second kappa shape index (κ2) is 6.65. The molecule has 1 saturated heterocycles. The van der Waals surface area contributed by atoms with Crippen molar-refractivity contribution in [3.63, 3.8) is 0 Å². The first kappa shape index (κ1) is 15.3. The van der Waals surface area contributed by atoms with E-state index in [1.807, 2.05) is 30.3 Å². The molecule has 0 spiro atoms. The molecule has 2 aromatic carbocycles. The van der Waals surface area contributed by atoms with E-state index in [2.05, 4.69) is 4.90 Å². The van der Waals surface area contributed by atoms with Crippen LogP contribution in [0, 0.1) is 0 Å². The first-order valence-electron chi connectivity index (χ1n) is 7.86. The number of anilines is 1. The molecule has 0 saturated carbocycles. The van der Waals surface area contributed by atoms with Crippen LogP contribution >= 0.6 is 0 Å². The zero-order valence-electron chi connectivity index (χ0n) is 12.8. The van der Waals surface area contributed by atoms with E-state index in [0.717, 1.165) is 37.1 Å². The molecule has 0 amide bonds. The summed E-state index contributed by atoms with van der Waals surface area (Å²) in [6.07, 6.45) is 2.90. The maximum atomic E-state index is 12.8. The van der Waals surface area contributed by atoms with E-state index in [9.17, 15) is 9.59 Å². The number of ketones is 1. The van der Waals surface area contributed by atoms with Crippen molar-refractivity contribution in [3.8, 4) is 0 Å². The van der Waals surface area contributed by atoms with Gasteiger partial charge in [0, 0.05) is 17.8 Å². The summed E-state index contributed by atoms with van der Waals surface area (Å²) in [5, 5.41) is 9.01. The first-order chi connectivity index (χ1) is 11.2. The van der Waals surface area contributed by atoms with Crippen LogP contribution in [0.3, 0.4) is 0 Å². The lowest BCUT2D eigenvalue weighted by Crippen LogP contribution is -2.44. The van der Waals surface area contributed by atoms with Gasteiger partial charge in [0.05, 0.1) is 11.6 Å². The van der Waals surface area contributed by atoms with Crippen molar-refractivity contribution < 1.29 is 14.7 Å². The van der Waals surface area contributed by atoms with Crippen LogP contribution in [-0.2, 0) is 0 Å². The van der Waals surface area contributed by atoms with Crippen molar-refractivity contribution in [2.24, 2.45) is 0 Å². The molecule has 4 heteroatoms. The quantitative estimate of drug-likeness (QED) is 0.876. The van der Waals surface area contributed by atoms with E-state index in [-0.39, 0.29) is 17.4 Å². The molecule has 0 radical (unpaired) electrons. The number of hydrogen-bond donors (Lipinski definition) is 1.